The number of halogens is 3. The molecule has 1 amide bonds. The first-order valence-electron chi connectivity index (χ1n) is 5.01. The van der Waals surface area contributed by atoms with Crippen molar-refractivity contribution < 1.29 is 22.4 Å². The Morgan fingerprint density at radius 3 is 2.27 bits per heavy atom. The molecule has 1 rings (SSSR count). The molecule has 86 valence electrons. The quantitative estimate of drug-likeness (QED) is 0.517. The van der Waals surface area contributed by atoms with Gasteiger partial charge in [0.25, 0.3) is 0 Å². The van der Waals surface area contributed by atoms with E-state index < -0.39 is 16.6 Å². The van der Waals surface area contributed by atoms with Crippen LogP contribution in [0.25, 0.3) is 0 Å². The number of hydrogen-bond donors (Lipinski definition) is 0. The van der Waals surface area contributed by atoms with Gasteiger partial charge in [0, 0.05) is 12.8 Å². The summed E-state index contributed by atoms with van der Waals surface area (Å²) >= 11 is 0. The summed E-state index contributed by atoms with van der Waals surface area (Å²) in [5.41, 5.74) is 0. The molecule has 0 N–H and O–H groups in total. The summed E-state index contributed by atoms with van der Waals surface area (Å²) in [4.78, 5) is 11.3. The molecular weight excluding hydrogens is 207 g/mol. The maximum Gasteiger partial charge on any atom is 0.509 e. The highest BCUT2D eigenvalue weighted by Gasteiger charge is 2.55. The number of likely N-dealkylation sites (tertiary alicyclic amines) is 1. The Morgan fingerprint density at radius 1 is 1.33 bits per heavy atom. The fraction of sp³-hybridized carbons (Fsp3) is 0.700. The van der Waals surface area contributed by atoms with Gasteiger partial charge in [-0.2, -0.15) is 13.2 Å². The SMILES string of the molecule is C/C=C/C[N+]1(C(=O)C(F)(F)F)CCCC1. The second-order valence-corrected chi connectivity index (χ2v) is 3.85. The normalized spacial score (nSPS) is 21.1. The van der Waals surface area contributed by atoms with Crippen LogP contribution in [0.5, 0.6) is 0 Å². The second kappa shape index (κ2) is 4.35. The molecule has 5 heteroatoms. The Morgan fingerprint density at radius 2 is 1.87 bits per heavy atom. The summed E-state index contributed by atoms with van der Waals surface area (Å²) in [6, 6.07) is 0. The number of rotatable bonds is 2. The number of allylic oxidation sites excluding steroid dienone is 1. The van der Waals surface area contributed by atoms with E-state index in [0.29, 0.717) is 25.9 Å². The highest BCUT2D eigenvalue weighted by atomic mass is 19.4. The van der Waals surface area contributed by atoms with E-state index in [-0.39, 0.29) is 6.54 Å². The Hall–Kier alpha value is -0.840. The maximum absolute atomic E-state index is 12.4. The molecule has 0 saturated carbocycles. The van der Waals surface area contributed by atoms with E-state index in [0.717, 1.165) is 0 Å². The summed E-state index contributed by atoms with van der Waals surface area (Å²) in [7, 11) is 0. The van der Waals surface area contributed by atoms with Crippen LogP contribution in [0.4, 0.5) is 13.2 Å². The van der Waals surface area contributed by atoms with Gasteiger partial charge in [-0.3, -0.25) is 0 Å². The second-order valence-electron chi connectivity index (χ2n) is 3.85. The zero-order valence-electron chi connectivity index (χ0n) is 8.68. The standard InChI is InChI=1S/C10H15F3NO/c1-2-3-6-14(7-4-5-8-14)9(15)10(11,12)13/h2-3H,4-8H2,1H3/q+1/b3-2+. The molecule has 0 spiro atoms. The molecule has 0 atom stereocenters. The first-order chi connectivity index (χ1) is 6.92. The molecule has 0 bridgehead atoms. The minimum Gasteiger partial charge on any atom is -0.249 e. The predicted molar refractivity (Wildman–Crippen MR) is 50.0 cm³/mol. The lowest BCUT2D eigenvalue weighted by Crippen LogP contribution is -2.56. The minimum atomic E-state index is -4.72. The molecular formula is C10H15F3NO+. The first kappa shape index (κ1) is 12.2. The van der Waals surface area contributed by atoms with Crippen molar-refractivity contribution in [1.82, 2.24) is 0 Å². The largest absolute Gasteiger partial charge is 0.509 e. The molecule has 1 heterocycles. The lowest BCUT2D eigenvalue weighted by Gasteiger charge is -2.30. The number of carbonyl (C=O) groups is 1. The third-order valence-electron chi connectivity index (χ3n) is 2.79. The zero-order valence-corrected chi connectivity index (χ0v) is 8.68. The number of carbonyl (C=O) groups excluding carboxylic acids is 1. The summed E-state index contributed by atoms with van der Waals surface area (Å²) < 4.78 is 36.7. The van der Waals surface area contributed by atoms with Crippen molar-refractivity contribution in [2.75, 3.05) is 19.6 Å². The first-order valence-corrected chi connectivity index (χ1v) is 5.01. The van der Waals surface area contributed by atoms with Gasteiger partial charge in [0.05, 0.1) is 13.1 Å². The van der Waals surface area contributed by atoms with Crippen molar-refractivity contribution in [3.05, 3.63) is 12.2 Å². The molecule has 1 aliphatic heterocycles. The average molecular weight is 222 g/mol. The van der Waals surface area contributed by atoms with Crippen LogP contribution in [0, 0.1) is 0 Å². The molecule has 0 aliphatic carbocycles. The minimum absolute atomic E-state index is 0.162. The molecule has 0 aromatic rings. The van der Waals surface area contributed by atoms with Crippen molar-refractivity contribution in [2.45, 2.75) is 25.9 Å². The van der Waals surface area contributed by atoms with E-state index in [2.05, 4.69) is 0 Å². The van der Waals surface area contributed by atoms with Gasteiger partial charge >= 0.3 is 12.1 Å². The fourth-order valence-corrected chi connectivity index (χ4v) is 1.99. The van der Waals surface area contributed by atoms with E-state index in [1.807, 2.05) is 0 Å². The van der Waals surface area contributed by atoms with Crippen molar-refractivity contribution in [3.63, 3.8) is 0 Å². The Kier molecular flexibility index (Phi) is 3.54. The smallest absolute Gasteiger partial charge is 0.249 e. The van der Waals surface area contributed by atoms with Crippen LogP contribution in [-0.4, -0.2) is 36.2 Å². The van der Waals surface area contributed by atoms with E-state index >= 15 is 0 Å². The third kappa shape index (κ3) is 2.59. The monoisotopic (exact) mass is 222 g/mol. The van der Waals surface area contributed by atoms with Crippen molar-refractivity contribution in [2.24, 2.45) is 0 Å². The molecule has 2 nitrogen and oxygen atoms in total. The number of alkyl halides is 3. The predicted octanol–water partition coefficient (Wildman–Crippen LogP) is 2.26. The van der Waals surface area contributed by atoms with Crippen LogP contribution >= 0.6 is 0 Å². The number of amides is 1. The lowest BCUT2D eigenvalue weighted by molar-refractivity contribution is -0.841. The van der Waals surface area contributed by atoms with Crippen LogP contribution < -0.4 is 0 Å². The van der Waals surface area contributed by atoms with Gasteiger partial charge in [0.2, 0.25) is 0 Å². The molecule has 0 radical (unpaired) electrons. The summed E-state index contributed by atoms with van der Waals surface area (Å²) in [5, 5.41) is 0. The topological polar surface area (TPSA) is 17.1 Å². The number of hydrogen-bond acceptors (Lipinski definition) is 1. The summed E-state index contributed by atoms with van der Waals surface area (Å²) in [6.07, 6.45) is -0.0123. The van der Waals surface area contributed by atoms with E-state index in [4.69, 9.17) is 0 Å². The Balaban J connectivity index is 2.86. The van der Waals surface area contributed by atoms with Crippen LogP contribution in [0.15, 0.2) is 12.2 Å². The summed E-state index contributed by atoms with van der Waals surface area (Å²) in [5.74, 6) is -1.60. The Bertz CT molecular complexity index is 264. The molecule has 1 saturated heterocycles. The molecule has 0 aromatic carbocycles. The molecule has 0 unspecified atom stereocenters. The number of quaternary nitrogens is 1. The van der Waals surface area contributed by atoms with Gasteiger partial charge in [-0.05, 0) is 13.0 Å². The van der Waals surface area contributed by atoms with Gasteiger partial charge in [-0.15, -0.1) is 0 Å². The van der Waals surface area contributed by atoms with E-state index in [9.17, 15) is 18.0 Å². The number of nitrogens with zero attached hydrogens (tertiary/aromatic N) is 1. The highest BCUT2D eigenvalue weighted by Crippen LogP contribution is 2.28. The molecule has 0 aromatic heterocycles. The van der Waals surface area contributed by atoms with Crippen LogP contribution in [-0.2, 0) is 4.79 Å². The maximum atomic E-state index is 12.4. The molecule has 15 heavy (non-hydrogen) atoms. The van der Waals surface area contributed by atoms with Gasteiger partial charge in [0.15, 0.2) is 0 Å². The highest BCUT2D eigenvalue weighted by molar-refractivity contribution is 5.75. The fourth-order valence-electron chi connectivity index (χ4n) is 1.99. The van der Waals surface area contributed by atoms with Gasteiger partial charge < -0.3 is 0 Å². The van der Waals surface area contributed by atoms with Crippen molar-refractivity contribution >= 4 is 5.91 Å². The van der Waals surface area contributed by atoms with Crippen LogP contribution in [0.2, 0.25) is 0 Å². The third-order valence-corrected chi connectivity index (χ3v) is 2.79. The van der Waals surface area contributed by atoms with Crippen molar-refractivity contribution in [1.29, 1.82) is 0 Å². The van der Waals surface area contributed by atoms with Crippen LogP contribution in [0.1, 0.15) is 19.8 Å². The van der Waals surface area contributed by atoms with Crippen molar-refractivity contribution in [3.8, 4) is 0 Å². The van der Waals surface area contributed by atoms with E-state index in [1.54, 1.807) is 19.1 Å². The van der Waals surface area contributed by atoms with E-state index in [1.165, 1.54) is 0 Å². The lowest BCUT2D eigenvalue weighted by atomic mass is 10.3. The molecule has 1 fully saturated rings. The summed E-state index contributed by atoms with van der Waals surface area (Å²) in [6.45, 7) is 2.52. The van der Waals surface area contributed by atoms with Gasteiger partial charge in [-0.25, -0.2) is 9.28 Å². The molecule has 1 aliphatic rings. The Labute approximate surface area is 87.0 Å². The van der Waals surface area contributed by atoms with Gasteiger partial charge in [-0.1, -0.05) is 6.08 Å². The van der Waals surface area contributed by atoms with Crippen LogP contribution in [0.3, 0.4) is 0 Å². The van der Waals surface area contributed by atoms with Gasteiger partial charge in [0.1, 0.15) is 6.54 Å². The average Bonchev–Trinajstić information content (AvgIpc) is 2.62. The zero-order chi connectivity index (χ0) is 11.5.